The first-order valence-corrected chi connectivity index (χ1v) is 7.20. The van der Waals surface area contributed by atoms with Crippen molar-refractivity contribution in [3.8, 4) is 0 Å². The van der Waals surface area contributed by atoms with Crippen LogP contribution in [0.1, 0.15) is 43.7 Å². The number of aryl methyl sites for hydroxylation is 1. The second-order valence-corrected chi connectivity index (χ2v) is 5.25. The van der Waals surface area contributed by atoms with E-state index in [4.69, 9.17) is 11.6 Å². The third kappa shape index (κ3) is 2.54. The highest BCUT2D eigenvalue weighted by Gasteiger charge is 2.22. The maximum atomic E-state index is 11.8. The molecule has 1 amide bonds. The molecule has 1 aromatic carbocycles. The van der Waals surface area contributed by atoms with E-state index < -0.39 is 0 Å². The molecule has 98 valence electrons. The minimum Gasteiger partial charge on any atom is -0.311 e. The molecule has 0 aromatic heterocycles. The van der Waals surface area contributed by atoms with Gasteiger partial charge in [-0.2, -0.15) is 0 Å². The lowest BCUT2D eigenvalue weighted by molar-refractivity contribution is -0.116. The van der Waals surface area contributed by atoms with E-state index in [-0.39, 0.29) is 11.8 Å². The summed E-state index contributed by atoms with van der Waals surface area (Å²) in [5, 5.41) is 0. The Morgan fingerprint density at radius 2 is 2.28 bits per heavy atom. The fourth-order valence-corrected chi connectivity index (χ4v) is 2.63. The Balaban J connectivity index is 2.33. The number of anilines is 1. The summed E-state index contributed by atoms with van der Waals surface area (Å²) in [4.78, 5) is 13.6. The van der Waals surface area contributed by atoms with Crippen LogP contribution in [0.25, 0.3) is 0 Å². The summed E-state index contributed by atoms with van der Waals surface area (Å²) in [6.07, 6.45) is 3.23. The van der Waals surface area contributed by atoms with Crippen LogP contribution in [0.15, 0.2) is 18.2 Å². The number of hydrogen-bond donors (Lipinski definition) is 0. The Morgan fingerprint density at radius 3 is 2.94 bits per heavy atom. The Labute approximate surface area is 114 Å². The summed E-state index contributed by atoms with van der Waals surface area (Å²) in [5.74, 6) is 0.648. The topological polar surface area (TPSA) is 20.3 Å². The first-order valence-electron chi connectivity index (χ1n) is 6.66. The summed E-state index contributed by atoms with van der Waals surface area (Å²) >= 11 is 5.66. The van der Waals surface area contributed by atoms with E-state index >= 15 is 0 Å². The number of benzene rings is 1. The minimum absolute atomic E-state index is 0.00825. The van der Waals surface area contributed by atoms with E-state index in [0.717, 1.165) is 31.5 Å². The van der Waals surface area contributed by atoms with Crippen molar-refractivity contribution in [1.82, 2.24) is 0 Å². The van der Waals surface area contributed by atoms with Crippen LogP contribution in [-0.4, -0.2) is 18.3 Å². The van der Waals surface area contributed by atoms with E-state index in [1.807, 2.05) is 4.90 Å². The molecule has 0 saturated heterocycles. The Bertz CT molecular complexity index is 444. The van der Waals surface area contributed by atoms with Crippen molar-refractivity contribution in [2.24, 2.45) is 0 Å². The molecule has 0 bridgehead atoms. The molecule has 0 radical (unpaired) electrons. The third-order valence-electron chi connectivity index (χ3n) is 3.82. The van der Waals surface area contributed by atoms with Crippen molar-refractivity contribution in [2.75, 3.05) is 17.3 Å². The molecular formula is C15H20ClNO. The minimum atomic E-state index is 0.00825. The third-order valence-corrected chi connectivity index (χ3v) is 4.05. The van der Waals surface area contributed by atoms with Gasteiger partial charge in [-0.3, -0.25) is 4.79 Å². The molecule has 0 saturated carbocycles. The second-order valence-electron chi connectivity index (χ2n) is 4.98. The van der Waals surface area contributed by atoms with Gasteiger partial charge in [-0.05, 0) is 42.4 Å². The van der Waals surface area contributed by atoms with Crippen molar-refractivity contribution in [3.05, 3.63) is 29.3 Å². The van der Waals surface area contributed by atoms with Crippen molar-refractivity contribution in [2.45, 2.75) is 39.0 Å². The number of rotatable bonds is 3. The molecule has 1 atom stereocenters. The van der Waals surface area contributed by atoms with Crippen LogP contribution in [0.3, 0.4) is 0 Å². The van der Waals surface area contributed by atoms with E-state index in [1.165, 1.54) is 11.1 Å². The highest BCUT2D eigenvalue weighted by Crippen LogP contribution is 2.31. The maximum Gasteiger partial charge on any atom is 0.241 e. The number of halogens is 1. The number of carbonyl (C=O) groups excluding carboxylic acids is 1. The number of hydrogen-bond acceptors (Lipinski definition) is 1. The molecule has 18 heavy (non-hydrogen) atoms. The van der Waals surface area contributed by atoms with Crippen molar-refractivity contribution >= 4 is 23.2 Å². The van der Waals surface area contributed by atoms with E-state index in [9.17, 15) is 4.79 Å². The van der Waals surface area contributed by atoms with Crippen LogP contribution in [0.2, 0.25) is 0 Å². The standard InChI is InChI=1S/C15H20ClNO/c1-3-11(2)12-6-7-14-13(9-12)5-4-8-17(14)15(18)10-16/h6-7,9,11H,3-5,8,10H2,1-2H3. The van der Waals surface area contributed by atoms with Crippen LogP contribution in [0.4, 0.5) is 5.69 Å². The molecule has 1 aromatic rings. The zero-order chi connectivity index (χ0) is 13.1. The number of nitrogens with zero attached hydrogens (tertiary/aromatic N) is 1. The smallest absolute Gasteiger partial charge is 0.241 e. The van der Waals surface area contributed by atoms with E-state index in [0.29, 0.717) is 5.92 Å². The van der Waals surface area contributed by atoms with Crippen LogP contribution in [0, 0.1) is 0 Å². The first-order chi connectivity index (χ1) is 8.67. The summed E-state index contributed by atoms with van der Waals surface area (Å²) in [6.45, 7) is 5.24. The zero-order valence-electron chi connectivity index (χ0n) is 11.1. The Kier molecular flexibility index (Phi) is 4.28. The van der Waals surface area contributed by atoms with Crippen LogP contribution in [-0.2, 0) is 11.2 Å². The lowest BCUT2D eigenvalue weighted by atomic mass is 9.92. The number of amides is 1. The van der Waals surface area contributed by atoms with E-state index in [2.05, 4.69) is 32.0 Å². The van der Waals surface area contributed by atoms with Gasteiger partial charge in [0.2, 0.25) is 5.91 Å². The average molecular weight is 266 g/mol. The van der Waals surface area contributed by atoms with Gasteiger partial charge in [0.1, 0.15) is 5.88 Å². The Morgan fingerprint density at radius 1 is 1.50 bits per heavy atom. The van der Waals surface area contributed by atoms with Crippen molar-refractivity contribution in [3.63, 3.8) is 0 Å². The number of carbonyl (C=O) groups is 1. The van der Waals surface area contributed by atoms with Gasteiger partial charge in [0, 0.05) is 12.2 Å². The fourth-order valence-electron chi connectivity index (χ4n) is 2.49. The molecule has 3 heteroatoms. The summed E-state index contributed by atoms with van der Waals surface area (Å²) in [5.41, 5.74) is 3.72. The lowest BCUT2D eigenvalue weighted by Crippen LogP contribution is -2.36. The molecule has 0 aliphatic carbocycles. The lowest BCUT2D eigenvalue weighted by Gasteiger charge is -2.29. The number of alkyl halides is 1. The van der Waals surface area contributed by atoms with E-state index in [1.54, 1.807) is 0 Å². The second kappa shape index (κ2) is 5.75. The van der Waals surface area contributed by atoms with Gasteiger partial charge in [-0.25, -0.2) is 0 Å². The van der Waals surface area contributed by atoms with Gasteiger partial charge >= 0.3 is 0 Å². The predicted octanol–water partition coefficient (Wildman–Crippen LogP) is 3.72. The van der Waals surface area contributed by atoms with Gasteiger partial charge in [0.15, 0.2) is 0 Å². The number of fused-ring (bicyclic) bond motifs is 1. The summed E-state index contributed by atoms with van der Waals surface area (Å²) < 4.78 is 0. The van der Waals surface area contributed by atoms with Crippen molar-refractivity contribution < 1.29 is 4.79 Å². The molecule has 1 heterocycles. The maximum absolute atomic E-state index is 11.8. The normalized spacial score (nSPS) is 16.3. The zero-order valence-corrected chi connectivity index (χ0v) is 11.8. The molecule has 1 aliphatic heterocycles. The molecule has 1 unspecified atom stereocenters. The summed E-state index contributed by atoms with van der Waals surface area (Å²) in [7, 11) is 0. The summed E-state index contributed by atoms with van der Waals surface area (Å²) in [6, 6.07) is 6.49. The molecule has 0 N–H and O–H groups in total. The Hall–Kier alpha value is -1.02. The molecule has 1 aliphatic rings. The van der Waals surface area contributed by atoms with Gasteiger partial charge in [0.25, 0.3) is 0 Å². The van der Waals surface area contributed by atoms with Crippen LogP contribution >= 0.6 is 11.6 Å². The quantitative estimate of drug-likeness (QED) is 0.763. The molecule has 2 nitrogen and oxygen atoms in total. The largest absolute Gasteiger partial charge is 0.311 e. The van der Waals surface area contributed by atoms with Crippen LogP contribution < -0.4 is 4.90 Å². The van der Waals surface area contributed by atoms with Gasteiger partial charge in [0.05, 0.1) is 0 Å². The predicted molar refractivity (Wildman–Crippen MR) is 76.5 cm³/mol. The highest BCUT2D eigenvalue weighted by molar-refractivity contribution is 6.29. The van der Waals surface area contributed by atoms with Crippen molar-refractivity contribution in [1.29, 1.82) is 0 Å². The first kappa shape index (κ1) is 13.4. The molecule has 0 fully saturated rings. The highest BCUT2D eigenvalue weighted by atomic mass is 35.5. The van der Waals surface area contributed by atoms with Gasteiger partial charge in [-0.1, -0.05) is 26.0 Å². The fraction of sp³-hybridized carbons (Fsp3) is 0.533. The molecule has 2 rings (SSSR count). The average Bonchev–Trinajstić information content (AvgIpc) is 2.44. The van der Waals surface area contributed by atoms with Gasteiger partial charge in [-0.15, -0.1) is 11.6 Å². The molecule has 0 spiro atoms. The monoisotopic (exact) mass is 265 g/mol. The van der Waals surface area contributed by atoms with Crippen LogP contribution in [0.5, 0.6) is 0 Å². The molecular weight excluding hydrogens is 246 g/mol. The van der Waals surface area contributed by atoms with Gasteiger partial charge < -0.3 is 4.90 Å². The SMILES string of the molecule is CCC(C)c1ccc2c(c1)CCCN2C(=O)CCl.